The molecule has 1 aliphatic carbocycles. The zero-order valence-corrected chi connectivity index (χ0v) is 16.1. The summed E-state index contributed by atoms with van der Waals surface area (Å²) in [7, 11) is 0. The molecule has 1 heterocycles. The highest BCUT2D eigenvalue weighted by Gasteiger charge is 2.17. The first kappa shape index (κ1) is 18.6. The average Bonchev–Trinajstić information content (AvgIpc) is 3.20. The van der Waals surface area contributed by atoms with Crippen molar-refractivity contribution >= 4 is 17.3 Å². The molecule has 1 aromatic heterocycles. The summed E-state index contributed by atoms with van der Waals surface area (Å²) in [5.74, 6) is 0.699. The second kappa shape index (κ2) is 10.1. The van der Waals surface area contributed by atoms with E-state index in [1.54, 1.807) is 0 Å². The lowest BCUT2D eigenvalue weighted by Crippen LogP contribution is -2.43. The molecule has 1 unspecified atom stereocenters. The highest BCUT2D eigenvalue weighted by atomic mass is 32.1. The van der Waals surface area contributed by atoms with E-state index in [9.17, 15) is 0 Å². The highest BCUT2D eigenvalue weighted by molar-refractivity contribution is 7.80. The molecular weight excluding hydrogens is 340 g/mol. The molecule has 0 bridgehead atoms. The third-order valence-corrected chi connectivity index (χ3v) is 5.24. The van der Waals surface area contributed by atoms with E-state index < -0.39 is 0 Å². The van der Waals surface area contributed by atoms with Crippen LogP contribution < -0.4 is 5.32 Å². The molecule has 0 radical (unpaired) electrons. The SMILES string of the molecule is S=C(NCc1ccccc1)N(CCCn1ccnc1)CC1CC=CCC1. The minimum atomic E-state index is 0.699. The number of allylic oxidation sites excluding steroid dienone is 2. The zero-order chi connectivity index (χ0) is 18.0. The van der Waals surface area contributed by atoms with Gasteiger partial charge < -0.3 is 14.8 Å². The third kappa shape index (κ3) is 5.99. The van der Waals surface area contributed by atoms with Crippen molar-refractivity contribution in [3.05, 3.63) is 66.8 Å². The van der Waals surface area contributed by atoms with Crippen LogP contribution in [-0.2, 0) is 13.1 Å². The molecule has 0 spiro atoms. The van der Waals surface area contributed by atoms with Gasteiger partial charge in [0.05, 0.1) is 6.33 Å². The van der Waals surface area contributed by atoms with Gasteiger partial charge in [0.1, 0.15) is 0 Å². The molecule has 1 atom stereocenters. The fraction of sp³-hybridized carbons (Fsp3) is 0.429. The predicted molar refractivity (Wildman–Crippen MR) is 111 cm³/mol. The number of nitrogens with zero attached hydrogens (tertiary/aromatic N) is 3. The van der Waals surface area contributed by atoms with Crippen molar-refractivity contribution in [2.75, 3.05) is 13.1 Å². The molecule has 0 saturated carbocycles. The van der Waals surface area contributed by atoms with E-state index in [4.69, 9.17) is 12.2 Å². The van der Waals surface area contributed by atoms with Crippen molar-refractivity contribution in [1.82, 2.24) is 19.8 Å². The van der Waals surface area contributed by atoms with Crippen molar-refractivity contribution in [2.24, 2.45) is 5.92 Å². The summed E-state index contributed by atoms with van der Waals surface area (Å²) in [5.41, 5.74) is 1.26. The molecule has 138 valence electrons. The maximum atomic E-state index is 5.73. The van der Waals surface area contributed by atoms with Crippen LogP contribution in [0.5, 0.6) is 0 Å². The van der Waals surface area contributed by atoms with Crippen LogP contribution in [0.25, 0.3) is 0 Å². The second-order valence-corrected chi connectivity index (χ2v) is 7.28. The first-order chi connectivity index (χ1) is 12.8. The molecule has 1 aliphatic rings. The second-order valence-electron chi connectivity index (χ2n) is 6.89. The average molecular weight is 369 g/mol. The van der Waals surface area contributed by atoms with Gasteiger partial charge in [-0.25, -0.2) is 4.98 Å². The Morgan fingerprint density at radius 1 is 1.27 bits per heavy atom. The normalized spacial score (nSPS) is 16.4. The van der Waals surface area contributed by atoms with Crippen LogP contribution in [0.15, 0.2) is 61.2 Å². The van der Waals surface area contributed by atoms with E-state index in [2.05, 4.69) is 56.2 Å². The van der Waals surface area contributed by atoms with Crippen LogP contribution in [0.4, 0.5) is 0 Å². The number of aromatic nitrogens is 2. The minimum absolute atomic E-state index is 0.699. The number of hydrogen-bond donors (Lipinski definition) is 1. The van der Waals surface area contributed by atoms with Crippen molar-refractivity contribution < 1.29 is 0 Å². The Morgan fingerprint density at radius 2 is 2.15 bits per heavy atom. The number of aryl methyl sites for hydroxylation is 1. The monoisotopic (exact) mass is 368 g/mol. The van der Waals surface area contributed by atoms with E-state index in [0.717, 1.165) is 37.7 Å². The molecule has 1 N–H and O–H groups in total. The quantitative estimate of drug-likeness (QED) is 0.564. The standard InChI is InChI=1S/C21H28N4S/c26-21(23-16-19-8-3-1-4-9-19)25(17-20-10-5-2-6-11-20)14-7-13-24-15-12-22-18-24/h1-5,8-9,12,15,18,20H,6-7,10-11,13-14,16-17H2,(H,23,26). The fourth-order valence-corrected chi connectivity index (χ4v) is 3.60. The fourth-order valence-electron chi connectivity index (χ4n) is 3.36. The maximum absolute atomic E-state index is 5.73. The van der Waals surface area contributed by atoms with Gasteiger partial charge in [0, 0.05) is 38.6 Å². The van der Waals surface area contributed by atoms with Crippen LogP contribution in [0, 0.1) is 5.92 Å². The Hall–Kier alpha value is -2.14. The molecule has 26 heavy (non-hydrogen) atoms. The smallest absolute Gasteiger partial charge is 0.169 e. The molecule has 0 saturated heterocycles. The minimum Gasteiger partial charge on any atom is -0.358 e. The zero-order valence-electron chi connectivity index (χ0n) is 15.3. The van der Waals surface area contributed by atoms with E-state index in [-0.39, 0.29) is 0 Å². The predicted octanol–water partition coefficient (Wildman–Crippen LogP) is 4.01. The van der Waals surface area contributed by atoms with Crippen molar-refractivity contribution in [3.8, 4) is 0 Å². The van der Waals surface area contributed by atoms with Gasteiger partial charge in [-0.1, -0.05) is 42.5 Å². The van der Waals surface area contributed by atoms with Gasteiger partial charge in [-0.05, 0) is 49.4 Å². The summed E-state index contributed by atoms with van der Waals surface area (Å²) in [6.07, 6.45) is 15.0. The van der Waals surface area contributed by atoms with E-state index in [1.807, 2.05) is 24.8 Å². The number of benzene rings is 1. The number of imidazole rings is 1. The molecule has 5 heteroatoms. The Bertz CT molecular complexity index is 681. The van der Waals surface area contributed by atoms with E-state index in [0.29, 0.717) is 5.92 Å². The summed E-state index contributed by atoms with van der Waals surface area (Å²) < 4.78 is 2.13. The Balaban J connectivity index is 1.53. The van der Waals surface area contributed by atoms with Gasteiger partial charge in [-0.15, -0.1) is 0 Å². The molecule has 0 fully saturated rings. The first-order valence-electron chi connectivity index (χ1n) is 9.48. The third-order valence-electron chi connectivity index (χ3n) is 4.83. The van der Waals surface area contributed by atoms with Crippen LogP contribution >= 0.6 is 12.2 Å². The lowest BCUT2D eigenvalue weighted by atomic mass is 9.94. The van der Waals surface area contributed by atoms with Gasteiger partial charge in [0.25, 0.3) is 0 Å². The van der Waals surface area contributed by atoms with Crippen molar-refractivity contribution in [2.45, 2.75) is 38.8 Å². The number of rotatable bonds is 8. The van der Waals surface area contributed by atoms with Crippen LogP contribution in [0.2, 0.25) is 0 Å². The van der Waals surface area contributed by atoms with Crippen LogP contribution in [0.3, 0.4) is 0 Å². The molecular formula is C21H28N4S. The molecule has 1 aromatic carbocycles. The molecule has 0 aliphatic heterocycles. The Morgan fingerprint density at radius 3 is 2.88 bits per heavy atom. The summed E-state index contributed by atoms with van der Waals surface area (Å²) in [6, 6.07) is 10.4. The van der Waals surface area contributed by atoms with Crippen LogP contribution in [-0.4, -0.2) is 32.7 Å². The number of hydrogen-bond acceptors (Lipinski definition) is 2. The lowest BCUT2D eigenvalue weighted by molar-refractivity contribution is 0.309. The maximum Gasteiger partial charge on any atom is 0.169 e. The van der Waals surface area contributed by atoms with Crippen molar-refractivity contribution in [1.29, 1.82) is 0 Å². The van der Waals surface area contributed by atoms with Crippen molar-refractivity contribution in [3.63, 3.8) is 0 Å². The van der Waals surface area contributed by atoms with Crippen LogP contribution in [0.1, 0.15) is 31.2 Å². The van der Waals surface area contributed by atoms with Gasteiger partial charge in [0.2, 0.25) is 0 Å². The summed E-state index contributed by atoms with van der Waals surface area (Å²) in [4.78, 5) is 6.48. The Labute approximate surface area is 161 Å². The summed E-state index contributed by atoms with van der Waals surface area (Å²) >= 11 is 5.73. The molecule has 3 rings (SSSR count). The largest absolute Gasteiger partial charge is 0.358 e. The molecule has 0 amide bonds. The summed E-state index contributed by atoms with van der Waals surface area (Å²) in [5, 5.41) is 4.32. The molecule has 2 aromatic rings. The van der Waals surface area contributed by atoms with E-state index >= 15 is 0 Å². The lowest BCUT2D eigenvalue weighted by Gasteiger charge is -2.30. The van der Waals surface area contributed by atoms with Gasteiger partial charge >= 0.3 is 0 Å². The first-order valence-corrected chi connectivity index (χ1v) is 9.89. The van der Waals surface area contributed by atoms with Gasteiger partial charge in [-0.3, -0.25) is 0 Å². The van der Waals surface area contributed by atoms with Gasteiger partial charge in [-0.2, -0.15) is 0 Å². The Kier molecular flexibility index (Phi) is 7.25. The van der Waals surface area contributed by atoms with E-state index in [1.165, 1.54) is 24.8 Å². The number of thiocarbonyl (C=S) groups is 1. The number of nitrogens with one attached hydrogen (secondary N) is 1. The highest BCUT2D eigenvalue weighted by Crippen LogP contribution is 2.19. The topological polar surface area (TPSA) is 33.1 Å². The summed E-state index contributed by atoms with van der Waals surface area (Å²) in [6.45, 7) is 3.76. The van der Waals surface area contributed by atoms with Gasteiger partial charge in [0.15, 0.2) is 5.11 Å². The molecule has 4 nitrogen and oxygen atoms in total.